The van der Waals surface area contributed by atoms with Crippen LogP contribution in [0.3, 0.4) is 0 Å². The number of aliphatic hydroxyl groups excluding tert-OH is 1. The number of rotatable bonds is 0. The first-order valence-electron chi connectivity index (χ1n) is 13.1. The number of fused-ring (bicyclic) bond motifs is 6. The highest BCUT2D eigenvalue weighted by Gasteiger charge is 2.62. The molecule has 2 heterocycles. The average Bonchev–Trinajstić information content (AvgIpc) is 3.23. The van der Waals surface area contributed by atoms with Crippen molar-refractivity contribution in [3.05, 3.63) is 11.1 Å². The molecule has 6 rings (SSSR count). The van der Waals surface area contributed by atoms with Crippen LogP contribution in [-0.4, -0.2) is 41.3 Å². The molecular weight excluding hydrogens is 386 g/mol. The van der Waals surface area contributed by atoms with E-state index in [0.717, 1.165) is 38.6 Å². The summed E-state index contributed by atoms with van der Waals surface area (Å²) in [4.78, 5) is 13.2. The topological polar surface area (TPSA) is 58.6 Å². The van der Waals surface area contributed by atoms with Gasteiger partial charge in [0.15, 0.2) is 0 Å². The Kier molecular flexibility index (Phi) is 4.64. The number of nitrogens with one attached hydrogen (secondary N) is 1. The quantitative estimate of drug-likeness (QED) is 0.567. The Morgan fingerprint density at radius 3 is 2.74 bits per heavy atom. The van der Waals surface area contributed by atoms with E-state index in [4.69, 9.17) is 4.74 Å². The number of carbonyl (C=O) groups excluding carboxylic acids is 1. The van der Waals surface area contributed by atoms with E-state index in [0.29, 0.717) is 53.9 Å². The number of ketones is 1. The lowest BCUT2D eigenvalue weighted by Crippen LogP contribution is -2.51. The third kappa shape index (κ3) is 2.74. The first-order valence-corrected chi connectivity index (χ1v) is 13.1. The molecule has 2 aliphatic heterocycles. The van der Waals surface area contributed by atoms with Crippen molar-refractivity contribution < 1.29 is 14.6 Å². The highest BCUT2D eigenvalue weighted by molar-refractivity contribution is 5.83. The van der Waals surface area contributed by atoms with Crippen molar-refractivity contribution in [1.29, 1.82) is 0 Å². The summed E-state index contributed by atoms with van der Waals surface area (Å²) in [5, 5.41) is 14.1. The zero-order valence-corrected chi connectivity index (χ0v) is 19.8. The Labute approximate surface area is 187 Å². The maximum atomic E-state index is 13.2. The summed E-state index contributed by atoms with van der Waals surface area (Å²) in [6, 6.07) is 0.482. The molecule has 3 saturated carbocycles. The lowest BCUT2D eigenvalue weighted by Gasteiger charge is -2.52. The van der Waals surface area contributed by atoms with Gasteiger partial charge < -0.3 is 15.2 Å². The summed E-state index contributed by atoms with van der Waals surface area (Å²) in [7, 11) is 0. The van der Waals surface area contributed by atoms with Crippen LogP contribution in [0.2, 0.25) is 0 Å². The standard InChI is InChI=1S/C27H41NO3/c1-14-9-24-25(28-13-14)16(3)27(31-24)8-6-18-19(15(27)2)11-21-20(18)12-23(30)22-10-17(29)5-7-26(21,22)4/h14,16-18,20-22,24-25,28-29H,5-13H2,1-4H3. The Morgan fingerprint density at radius 2 is 1.94 bits per heavy atom. The molecule has 5 fully saturated rings. The van der Waals surface area contributed by atoms with Gasteiger partial charge in [0.25, 0.3) is 0 Å². The minimum atomic E-state index is -0.280. The number of carbonyl (C=O) groups is 1. The molecule has 31 heavy (non-hydrogen) atoms. The summed E-state index contributed by atoms with van der Waals surface area (Å²) in [6.45, 7) is 10.6. The second-order valence-corrected chi connectivity index (χ2v) is 12.5. The van der Waals surface area contributed by atoms with Crippen LogP contribution in [0.15, 0.2) is 11.1 Å². The Bertz CT molecular complexity index is 821. The largest absolute Gasteiger partial charge is 0.393 e. The molecule has 0 amide bonds. The van der Waals surface area contributed by atoms with Crippen molar-refractivity contribution >= 4 is 5.78 Å². The predicted molar refractivity (Wildman–Crippen MR) is 120 cm³/mol. The zero-order chi connectivity index (χ0) is 21.7. The Balaban J connectivity index is 1.35. The third-order valence-corrected chi connectivity index (χ3v) is 11.2. The van der Waals surface area contributed by atoms with Gasteiger partial charge in [0, 0.05) is 24.3 Å². The van der Waals surface area contributed by atoms with Crippen LogP contribution in [0.25, 0.3) is 0 Å². The van der Waals surface area contributed by atoms with Gasteiger partial charge in [-0.3, -0.25) is 4.79 Å². The molecule has 2 N–H and O–H groups in total. The number of piperidine rings is 1. The third-order valence-electron chi connectivity index (χ3n) is 11.2. The fraction of sp³-hybridized carbons (Fsp3) is 0.889. The maximum Gasteiger partial charge on any atom is 0.136 e. The van der Waals surface area contributed by atoms with E-state index in [-0.39, 0.29) is 23.0 Å². The van der Waals surface area contributed by atoms with Gasteiger partial charge in [-0.15, -0.1) is 0 Å². The molecule has 172 valence electrons. The number of aliphatic hydroxyl groups is 1. The van der Waals surface area contributed by atoms with E-state index in [1.807, 2.05) is 0 Å². The molecule has 11 unspecified atom stereocenters. The number of Topliss-reactive ketones (excluding diaryl/α,β-unsaturated/α-hetero) is 1. The van der Waals surface area contributed by atoms with Crippen LogP contribution in [-0.2, 0) is 9.53 Å². The van der Waals surface area contributed by atoms with Gasteiger partial charge in [-0.1, -0.05) is 26.3 Å². The first kappa shape index (κ1) is 20.9. The first-order chi connectivity index (χ1) is 14.7. The van der Waals surface area contributed by atoms with E-state index in [9.17, 15) is 9.90 Å². The van der Waals surface area contributed by atoms with Crippen molar-refractivity contribution in [2.75, 3.05) is 6.54 Å². The SMILES string of the molecule is CC1=C2CC3C(CC(=O)C4CC(O)CCC43C)C2CCC12OC1CC(C)CNC1C2C. The van der Waals surface area contributed by atoms with Crippen LogP contribution in [0.5, 0.6) is 0 Å². The van der Waals surface area contributed by atoms with Crippen LogP contribution in [0.1, 0.15) is 79.1 Å². The summed E-state index contributed by atoms with van der Waals surface area (Å²) in [5.74, 6) is 3.41. The molecule has 4 heteroatoms. The van der Waals surface area contributed by atoms with Gasteiger partial charge >= 0.3 is 0 Å². The van der Waals surface area contributed by atoms with Gasteiger partial charge in [-0.05, 0) is 93.1 Å². The number of hydrogen-bond donors (Lipinski definition) is 2. The summed E-state index contributed by atoms with van der Waals surface area (Å²) >= 11 is 0. The van der Waals surface area contributed by atoms with Gasteiger partial charge in [0.2, 0.25) is 0 Å². The highest BCUT2D eigenvalue weighted by Crippen LogP contribution is 2.65. The fourth-order valence-corrected chi connectivity index (χ4v) is 9.46. The molecule has 4 aliphatic carbocycles. The Hall–Kier alpha value is -0.710. The van der Waals surface area contributed by atoms with E-state index in [1.54, 1.807) is 5.57 Å². The molecule has 6 aliphatic rings. The second-order valence-electron chi connectivity index (χ2n) is 12.5. The van der Waals surface area contributed by atoms with Gasteiger partial charge in [-0.25, -0.2) is 0 Å². The molecule has 0 bridgehead atoms. The van der Waals surface area contributed by atoms with Gasteiger partial charge in [0.05, 0.1) is 17.8 Å². The van der Waals surface area contributed by atoms with E-state index >= 15 is 0 Å². The molecular formula is C27H41NO3. The monoisotopic (exact) mass is 427 g/mol. The average molecular weight is 428 g/mol. The van der Waals surface area contributed by atoms with Crippen LogP contribution in [0, 0.1) is 40.9 Å². The number of allylic oxidation sites excluding steroid dienone is 1. The van der Waals surface area contributed by atoms with Crippen molar-refractivity contribution in [2.24, 2.45) is 40.9 Å². The van der Waals surface area contributed by atoms with Crippen molar-refractivity contribution in [3.63, 3.8) is 0 Å². The number of hydrogen-bond acceptors (Lipinski definition) is 4. The second kappa shape index (κ2) is 6.90. The van der Waals surface area contributed by atoms with Crippen molar-refractivity contribution in [3.8, 4) is 0 Å². The van der Waals surface area contributed by atoms with Crippen LogP contribution < -0.4 is 5.32 Å². The molecule has 0 aromatic rings. The molecule has 1 spiro atoms. The van der Waals surface area contributed by atoms with E-state index in [1.165, 1.54) is 18.4 Å². The minimum Gasteiger partial charge on any atom is -0.393 e. The minimum absolute atomic E-state index is 0.0720. The Morgan fingerprint density at radius 1 is 1.13 bits per heavy atom. The smallest absolute Gasteiger partial charge is 0.136 e. The van der Waals surface area contributed by atoms with Crippen molar-refractivity contribution in [2.45, 2.75) is 103 Å². The van der Waals surface area contributed by atoms with E-state index < -0.39 is 0 Å². The molecule has 0 aromatic carbocycles. The predicted octanol–water partition coefficient (Wildman–Crippen LogP) is 4.26. The summed E-state index contributed by atoms with van der Waals surface area (Å²) in [6.07, 6.45) is 8.02. The molecule has 0 radical (unpaired) electrons. The zero-order valence-electron chi connectivity index (χ0n) is 19.8. The molecule has 0 aromatic heterocycles. The lowest BCUT2D eigenvalue weighted by molar-refractivity contribution is -0.145. The molecule has 4 nitrogen and oxygen atoms in total. The highest BCUT2D eigenvalue weighted by atomic mass is 16.5. The van der Waals surface area contributed by atoms with E-state index in [2.05, 4.69) is 33.0 Å². The van der Waals surface area contributed by atoms with Crippen molar-refractivity contribution in [1.82, 2.24) is 5.32 Å². The van der Waals surface area contributed by atoms with Crippen LogP contribution >= 0.6 is 0 Å². The summed E-state index contributed by atoms with van der Waals surface area (Å²) in [5.41, 5.74) is 3.15. The lowest BCUT2D eigenvalue weighted by atomic mass is 9.51. The normalized spacial score (nSPS) is 56.3. The maximum absolute atomic E-state index is 13.2. The van der Waals surface area contributed by atoms with Gasteiger partial charge in [0.1, 0.15) is 5.78 Å². The molecule has 11 atom stereocenters. The number of ether oxygens (including phenoxy) is 1. The van der Waals surface area contributed by atoms with Crippen LogP contribution in [0.4, 0.5) is 0 Å². The fourth-order valence-electron chi connectivity index (χ4n) is 9.46. The molecule has 2 saturated heterocycles. The summed E-state index contributed by atoms with van der Waals surface area (Å²) < 4.78 is 7.00. The van der Waals surface area contributed by atoms with Gasteiger partial charge in [-0.2, -0.15) is 0 Å².